The fourth-order valence-corrected chi connectivity index (χ4v) is 2.96. The maximum Gasteiger partial charge on any atom is 0.243 e. The zero-order valence-corrected chi connectivity index (χ0v) is 16.5. The van der Waals surface area contributed by atoms with E-state index in [-0.39, 0.29) is 13.0 Å². The monoisotopic (exact) mass is 401 g/mol. The summed E-state index contributed by atoms with van der Waals surface area (Å²) in [6.45, 7) is 0.220. The number of halogens is 1. The van der Waals surface area contributed by atoms with Gasteiger partial charge in [0.1, 0.15) is 6.61 Å². The highest BCUT2D eigenvalue weighted by molar-refractivity contribution is 6.30. The highest BCUT2D eigenvalue weighted by atomic mass is 35.5. The second-order valence-electron chi connectivity index (χ2n) is 6.42. The Labute approximate surface area is 170 Å². The summed E-state index contributed by atoms with van der Waals surface area (Å²) in [5.41, 5.74) is 2.98. The van der Waals surface area contributed by atoms with Crippen LogP contribution in [-0.2, 0) is 15.1 Å². The maximum absolute atomic E-state index is 11.1. The van der Waals surface area contributed by atoms with E-state index < -0.39 is 11.5 Å². The lowest BCUT2D eigenvalue weighted by Gasteiger charge is -2.23. The molecule has 0 saturated heterocycles. The van der Waals surface area contributed by atoms with Crippen molar-refractivity contribution in [2.75, 3.05) is 13.7 Å². The molecule has 0 bridgehead atoms. The Balaban J connectivity index is 2.16. The molecular weight excluding hydrogens is 378 g/mol. The molecular formula is C22H24ClNO4. The SMILES string of the molecule is COCC#CC(O)(CCCCC(=O)NO)c1ccc(-c2ccc(Cl)cc2)cc1. The molecule has 0 spiro atoms. The number of unbranched alkanes of at least 4 members (excludes halogenated alkanes) is 1. The molecule has 3 N–H and O–H groups in total. The molecule has 0 heterocycles. The minimum Gasteiger partial charge on any atom is -0.373 e. The number of rotatable bonds is 8. The maximum atomic E-state index is 11.1. The highest BCUT2D eigenvalue weighted by Gasteiger charge is 2.26. The molecule has 0 saturated carbocycles. The first kappa shape index (κ1) is 21.9. The van der Waals surface area contributed by atoms with Crippen molar-refractivity contribution in [2.24, 2.45) is 0 Å². The topological polar surface area (TPSA) is 78.8 Å². The van der Waals surface area contributed by atoms with E-state index in [1.807, 2.05) is 48.5 Å². The van der Waals surface area contributed by atoms with Crippen molar-refractivity contribution in [1.29, 1.82) is 0 Å². The number of ether oxygens (including phenoxy) is 1. The minimum atomic E-state index is -1.34. The van der Waals surface area contributed by atoms with Crippen molar-refractivity contribution in [1.82, 2.24) is 5.48 Å². The van der Waals surface area contributed by atoms with Crippen molar-refractivity contribution >= 4 is 17.5 Å². The van der Waals surface area contributed by atoms with Gasteiger partial charge in [0.05, 0.1) is 0 Å². The zero-order chi connectivity index (χ0) is 20.4. The molecule has 6 heteroatoms. The Morgan fingerprint density at radius 3 is 2.29 bits per heavy atom. The summed E-state index contributed by atoms with van der Waals surface area (Å²) in [7, 11) is 1.54. The number of carbonyl (C=O) groups is 1. The smallest absolute Gasteiger partial charge is 0.243 e. The number of carbonyl (C=O) groups excluding carboxylic acids is 1. The Morgan fingerprint density at radius 2 is 1.71 bits per heavy atom. The molecule has 2 rings (SSSR count). The second kappa shape index (κ2) is 10.8. The average Bonchev–Trinajstić information content (AvgIpc) is 2.72. The van der Waals surface area contributed by atoms with Crippen LogP contribution in [0.25, 0.3) is 11.1 Å². The van der Waals surface area contributed by atoms with Crippen molar-refractivity contribution < 1.29 is 19.8 Å². The average molecular weight is 402 g/mol. The van der Waals surface area contributed by atoms with Crippen LogP contribution in [-0.4, -0.2) is 29.9 Å². The Kier molecular flexibility index (Phi) is 8.49. The molecule has 2 aromatic rings. The Bertz CT molecular complexity index is 824. The van der Waals surface area contributed by atoms with Gasteiger partial charge in [0.25, 0.3) is 0 Å². The van der Waals surface area contributed by atoms with Crippen LogP contribution in [0.3, 0.4) is 0 Å². The van der Waals surface area contributed by atoms with Crippen LogP contribution in [0.2, 0.25) is 5.02 Å². The molecule has 0 aliphatic carbocycles. The number of methoxy groups -OCH3 is 1. The van der Waals surface area contributed by atoms with Gasteiger partial charge in [-0.1, -0.05) is 59.8 Å². The third-order valence-corrected chi connectivity index (χ3v) is 4.62. The van der Waals surface area contributed by atoms with Gasteiger partial charge in [0.15, 0.2) is 5.60 Å². The van der Waals surface area contributed by atoms with E-state index in [1.165, 1.54) is 0 Å². The molecule has 0 aliphatic heterocycles. The summed E-state index contributed by atoms with van der Waals surface area (Å²) in [6, 6.07) is 15.1. The first-order valence-corrected chi connectivity index (χ1v) is 9.37. The first-order valence-electron chi connectivity index (χ1n) is 8.99. The summed E-state index contributed by atoms with van der Waals surface area (Å²) in [6.07, 6.45) is 1.66. The van der Waals surface area contributed by atoms with Crippen molar-refractivity contribution in [3.05, 3.63) is 59.1 Å². The fraction of sp³-hybridized carbons (Fsp3) is 0.318. The van der Waals surface area contributed by atoms with Crippen molar-refractivity contribution in [3.63, 3.8) is 0 Å². The molecule has 5 nitrogen and oxygen atoms in total. The van der Waals surface area contributed by atoms with E-state index in [4.69, 9.17) is 21.5 Å². The molecule has 0 aliphatic rings. The number of hydrogen-bond acceptors (Lipinski definition) is 4. The van der Waals surface area contributed by atoms with E-state index in [0.29, 0.717) is 29.8 Å². The number of nitrogens with one attached hydrogen (secondary N) is 1. The molecule has 1 atom stereocenters. The number of benzene rings is 2. The van der Waals surface area contributed by atoms with Crippen LogP contribution in [0.4, 0.5) is 0 Å². The van der Waals surface area contributed by atoms with E-state index in [2.05, 4.69) is 11.8 Å². The lowest BCUT2D eigenvalue weighted by molar-refractivity contribution is -0.129. The van der Waals surface area contributed by atoms with Crippen molar-refractivity contribution in [2.45, 2.75) is 31.3 Å². The van der Waals surface area contributed by atoms with E-state index in [9.17, 15) is 9.90 Å². The molecule has 28 heavy (non-hydrogen) atoms. The summed E-state index contributed by atoms with van der Waals surface area (Å²) >= 11 is 5.94. The number of amides is 1. The van der Waals surface area contributed by atoms with E-state index in [1.54, 1.807) is 12.6 Å². The van der Waals surface area contributed by atoms with Crippen LogP contribution >= 0.6 is 11.6 Å². The molecule has 0 radical (unpaired) electrons. The van der Waals surface area contributed by atoms with Crippen LogP contribution in [0, 0.1) is 11.8 Å². The zero-order valence-electron chi connectivity index (χ0n) is 15.7. The summed E-state index contributed by atoms with van der Waals surface area (Å²) in [4.78, 5) is 11.1. The normalized spacial score (nSPS) is 12.6. The van der Waals surface area contributed by atoms with Crippen LogP contribution in [0.5, 0.6) is 0 Å². The lowest BCUT2D eigenvalue weighted by Crippen LogP contribution is -2.24. The van der Waals surface area contributed by atoms with E-state index in [0.717, 1.165) is 11.1 Å². The van der Waals surface area contributed by atoms with Gasteiger partial charge in [-0.05, 0) is 48.1 Å². The quantitative estimate of drug-likeness (QED) is 0.271. The van der Waals surface area contributed by atoms with Gasteiger partial charge in [-0.25, -0.2) is 5.48 Å². The van der Waals surface area contributed by atoms with Gasteiger partial charge in [0.2, 0.25) is 5.91 Å². The summed E-state index contributed by atoms with van der Waals surface area (Å²) in [5.74, 6) is 5.28. The van der Waals surface area contributed by atoms with E-state index >= 15 is 0 Å². The number of hydroxylamine groups is 1. The van der Waals surface area contributed by atoms with Gasteiger partial charge in [-0.2, -0.15) is 0 Å². The van der Waals surface area contributed by atoms with Gasteiger partial charge < -0.3 is 9.84 Å². The molecule has 148 valence electrons. The largest absolute Gasteiger partial charge is 0.373 e. The van der Waals surface area contributed by atoms with Gasteiger partial charge >= 0.3 is 0 Å². The molecule has 0 aromatic heterocycles. The predicted molar refractivity (Wildman–Crippen MR) is 109 cm³/mol. The fourth-order valence-electron chi connectivity index (χ4n) is 2.84. The summed E-state index contributed by atoms with van der Waals surface area (Å²) in [5, 5.41) is 20.4. The van der Waals surface area contributed by atoms with Gasteiger partial charge in [-0.3, -0.25) is 10.0 Å². The first-order chi connectivity index (χ1) is 13.5. The van der Waals surface area contributed by atoms with Gasteiger partial charge in [0, 0.05) is 18.6 Å². The molecule has 2 aromatic carbocycles. The van der Waals surface area contributed by atoms with Crippen LogP contribution < -0.4 is 5.48 Å². The minimum absolute atomic E-state index is 0.188. The van der Waals surface area contributed by atoms with Crippen molar-refractivity contribution in [3.8, 4) is 23.0 Å². The summed E-state index contributed by atoms with van der Waals surface area (Å²) < 4.78 is 4.96. The van der Waals surface area contributed by atoms with Gasteiger partial charge in [-0.15, -0.1) is 0 Å². The predicted octanol–water partition coefficient (Wildman–Crippen LogP) is 3.91. The standard InChI is InChI=1S/C22H24ClNO4/c1-28-16-4-15-22(26,14-3-2-5-21(25)24-27)19-10-6-17(7-11-19)18-8-12-20(23)13-9-18/h6-13,26-27H,2-3,5,14,16H2,1H3,(H,24,25). The highest BCUT2D eigenvalue weighted by Crippen LogP contribution is 2.30. The molecule has 0 fully saturated rings. The lowest BCUT2D eigenvalue weighted by atomic mass is 9.87. The van der Waals surface area contributed by atoms with Crippen LogP contribution in [0.15, 0.2) is 48.5 Å². The third-order valence-electron chi connectivity index (χ3n) is 4.37. The Morgan fingerprint density at radius 1 is 1.11 bits per heavy atom. The van der Waals surface area contributed by atoms with Crippen LogP contribution in [0.1, 0.15) is 31.2 Å². The number of aliphatic hydroxyl groups is 1. The second-order valence-corrected chi connectivity index (χ2v) is 6.86. The molecule has 1 amide bonds. The molecule has 1 unspecified atom stereocenters. The third kappa shape index (κ3) is 6.36. The number of hydrogen-bond donors (Lipinski definition) is 3. The Hall–Kier alpha value is -2.36.